The summed E-state index contributed by atoms with van der Waals surface area (Å²) in [6, 6.07) is 10.2. The minimum Gasteiger partial charge on any atom is -0.493 e. The van der Waals surface area contributed by atoms with Crippen LogP contribution >= 0.6 is 0 Å². The first-order valence-corrected chi connectivity index (χ1v) is 8.64. The molecule has 0 saturated carbocycles. The molecule has 0 unspecified atom stereocenters. The van der Waals surface area contributed by atoms with Crippen molar-refractivity contribution in [2.75, 3.05) is 42.0 Å². The first kappa shape index (κ1) is 18.1. The highest BCUT2D eigenvalue weighted by Gasteiger charge is 2.26. The lowest BCUT2D eigenvalue weighted by molar-refractivity contribution is -0.498. The summed E-state index contributed by atoms with van der Waals surface area (Å²) in [4.78, 5) is 0. The predicted molar refractivity (Wildman–Crippen MR) is 102 cm³/mol. The lowest BCUT2D eigenvalue weighted by atomic mass is 9.92. The van der Waals surface area contributed by atoms with Crippen LogP contribution in [0, 0.1) is 0 Å². The van der Waals surface area contributed by atoms with Crippen LogP contribution < -0.4 is 18.9 Å². The standard InChI is InChI=1S/C21H26NO4/c1-22-9-8-15-12-20(25-4)21(26-5)13-16(15)17(22)10-14-6-7-18(23-2)19(11-14)24-3/h6-7,11-13H,8-10H2,1-5H3/q+1. The molecule has 0 amide bonds. The Morgan fingerprint density at radius 1 is 0.808 bits per heavy atom. The Kier molecular flexibility index (Phi) is 5.35. The second-order valence-electron chi connectivity index (χ2n) is 6.35. The van der Waals surface area contributed by atoms with E-state index < -0.39 is 0 Å². The molecule has 3 rings (SSSR count). The Labute approximate surface area is 154 Å². The summed E-state index contributed by atoms with van der Waals surface area (Å²) in [5.41, 5.74) is 4.94. The average Bonchev–Trinajstić information content (AvgIpc) is 2.68. The van der Waals surface area contributed by atoms with E-state index in [1.165, 1.54) is 22.4 Å². The zero-order chi connectivity index (χ0) is 18.7. The van der Waals surface area contributed by atoms with E-state index in [1.54, 1.807) is 28.4 Å². The number of ether oxygens (including phenoxy) is 4. The van der Waals surface area contributed by atoms with Crippen LogP contribution in [0.4, 0.5) is 0 Å². The predicted octanol–water partition coefficient (Wildman–Crippen LogP) is 2.95. The van der Waals surface area contributed by atoms with Crippen molar-refractivity contribution in [1.82, 2.24) is 0 Å². The van der Waals surface area contributed by atoms with Crippen molar-refractivity contribution in [1.29, 1.82) is 0 Å². The summed E-state index contributed by atoms with van der Waals surface area (Å²) in [6.07, 6.45) is 1.79. The Morgan fingerprint density at radius 2 is 1.42 bits per heavy atom. The molecule has 0 radical (unpaired) electrons. The molecule has 5 nitrogen and oxygen atoms in total. The summed E-state index contributed by atoms with van der Waals surface area (Å²) in [7, 11) is 8.79. The van der Waals surface area contributed by atoms with Gasteiger partial charge in [0.05, 0.1) is 34.9 Å². The van der Waals surface area contributed by atoms with Gasteiger partial charge in [0.25, 0.3) is 0 Å². The van der Waals surface area contributed by atoms with Crippen LogP contribution in [0.2, 0.25) is 0 Å². The Bertz CT molecular complexity index is 842. The molecule has 0 aliphatic carbocycles. The number of nitrogens with zero attached hydrogens (tertiary/aromatic N) is 1. The average molecular weight is 356 g/mol. The largest absolute Gasteiger partial charge is 0.493 e. The fourth-order valence-electron chi connectivity index (χ4n) is 3.44. The third kappa shape index (κ3) is 3.34. The number of hydrogen-bond donors (Lipinski definition) is 0. The van der Waals surface area contributed by atoms with Crippen molar-refractivity contribution in [3.63, 3.8) is 0 Å². The number of rotatable bonds is 6. The van der Waals surface area contributed by atoms with Gasteiger partial charge in [-0.25, -0.2) is 4.58 Å². The number of likely N-dealkylation sites (N-methyl/N-ethyl adjacent to an activating group) is 1. The molecule has 0 atom stereocenters. The summed E-state index contributed by atoms with van der Waals surface area (Å²) in [6.45, 7) is 0.977. The minimum absolute atomic E-state index is 0.741. The Morgan fingerprint density at radius 3 is 2.08 bits per heavy atom. The monoisotopic (exact) mass is 356 g/mol. The Balaban J connectivity index is 2.01. The third-order valence-corrected chi connectivity index (χ3v) is 4.92. The van der Waals surface area contributed by atoms with Gasteiger partial charge >= 0.3 is 0 Å². The van der Waals surface area contributed by atoms with Crippen LogP contribution in [0.1, 0.15) is 16.7 Å². The molecule has 0 N–H and O–H groups in total. The number of fused-ring (bicyclic) bond motifs is 1. The van der Waals surface area contributed by atoms with Crippen molar-refractivity contribution in [3.05, 3.63) is 47.0 Å². The number of methoxy groups -OCH3 is 4. The van der Waals surface area contributed by atoms with Gasteiger partial charge in [-0.05, 0) is 35.4 Å². The van der Waals surface area contributed by atoms with E-state index in [4.69, 9.17) is 18.9 Å². The molecule has 0 bridgehead atoms. The fourth-order valence-corrected chi connectivity index (χ4v) is 3.44. The molecule has 1 aliphatic rings. The second kappa shape index (κ2) is 7.68. The third-order valence-electron chi connectivity index (χ3n) is 4.92. The van der Waals surface area contributed by atoms with E-state index >= 15 is 0 Å². The van der Waals surface area contributed by atoms with Gasteiger partial charge in [-0.3, -0.25) is 0 Å². The zero-order valence-corrected chi connectivity index (χ0v) is 16.1. The maximum absolute atomic E-state index is 5.51. The van der Waals surface area contributed by atoms with Crippen LogP contribution in [0.25, 0.3) is 0 Å². The van der Waals surface area contributed by atoms with Crippen molar-refractivity contribution >= 4 is 5.71 Å². The molecule has 1 heterocycles. The molecule has 0 aromatic heterocycles. The lowest BCUT2D eigenvalue weighted by Crippen LogP contribution is -2.29. The van der Waals surface area contributed by atoms with Crippen molar-refractivity contribution in [2.24, 2.45) is 0 Å². The second-order valence-corrected chi connectivity index (χ2v) is 6.35. The quantitative estimate of drug-likeness (QED) is 0.746. The molecule has 0 fully saturated rings. The molecule has 2 aromatic rings. The molecular formula is C21H26NO4+. The highest BCUT2D eigenvalue weighted by molar-refractivity contribution is 6.00. The summed E-state index contributed by atoms with van der Waals surface area (Å²) in [5.74, 6) is 3.02. The van der Waals surface area contributed by atoms with Crippen LogP contribution in [-0.4, -0.2) is 52.3 Å². The topological polar surface area (TPSA) is 39.9 Å². The van der Waals surface area contributed by atoms with Gasteiger partial charge in [0.2, 0.25) is 0 Å². The van der Waals surface area contributed by atoms with Crippen molar-refractivity contribution in [2.45, 2.75) is 12.8 Å². The molecular weight excluding hydrogens is 330 g/mol. The first-order chi connectivity index (χ1) is 12.6. The normalized spacial score (nSPS) is 13.3. The SMILES string of the molecule is COc1ccc(CC2=[N+](C)CCc3cc(OC)c(OC)cc32)cc1OC. The highest BCUT2D eigenvalue weighted by Crippen LogP contribution is 2.33. The van der Waals surface area contributed by atoms with Gasteiger partial charge in [-0.15, -0.1) is 0 Å². The summed E-state index contributed by atoms with van der Waals surface area (Å²) in [5, 5.41) is 0. The van der Waals surface area contributed by atoms with E-state index in [0.29, 0.717) is 0 Å². The maximum atomic E-state index is 5.51. The van der Waals surface area contributed by atoms with Gasteiger partial charge in [-0.1, -0.05) is 6.07 Å². The molecule has 1 aliphatic heterocycles. The van der Waals surface area contributed by atoms with E-state index in [0.717, 1.165) is 42.4 Å². The van der Waals surface area contributed by atoms with Crippen LogP contribution in [0.3, 0.4) is 0 Å². The number of hydrogen-bond acceptors (Lipinski definition) is 4. The van der Waals surface area contributed by atoms with E-state index in [-0.39, 0.29) is 0 Å². The first-order valence-electron chi connectivity index (χ1n) is 8.64. The van der Waals surface area contributed by atoms with Crippen LogP contribution in [-0.2, 0) is 12.8 Å². The highest BCUT2D eigenvalue weighted by atomic mass is 16.5. The van der Waals surface area contributed by atoms with Gasteiger partial charge in [0.1, 0.15) is 13.6 Å². The van der Waals surface area contributed by atoms with Crippen LogP contribution in [0.5, 0.6) is 23.0 Å². The van der Waals surface area contributed by atoms with E-state index in [9.17, 15) is 0 Å². The van der Waals surface area contributed by atoms with Crippen LogP contribution in [0.15, 0.2) is 30.3 Å². The molecule has 2 aromatic carbocycles. The number of benzene rings is 2. The molecule has 5 heteroatoms. The smallest absolute Gasteiger partial charge is 0.187 e. The molecule has 26 heavy (non-hydrogen) atoms. The molecule has 138 valence electrons. The fraction of sp³-hybridized carbons (Fsp3) is 0.381. The summed E-state index contributed by atoms with van der Waals surface area (Å²) >= 11 is 0. The van der Waals surface area contributed by atoms with E-state index in [1.807, 2.05) is 12.1 Å². The van der Waals surface area contributed by atoms with Crippen molar-refractivity contribution in [3.8, 4) is 23.0 Å². The molecule has 0 spiro atoms. The van der Waals surface area contributed by atoms with Gasteiger partial charge in [0, 0.05) is 12.0 Å². The van der Waals surface area contributed by atoms with Gasteiger partial charge < -0.3 is 18.9 Å². The Hall–Kier alpha value is -2.69. The maximum Gasteiger partial charge on any atom is 0.187 e. The molecule has 0 saturated heterocycles. The zero-order valence-electron chi connectivity index (χ0n) is 16.1. The van der Waals surface area contributed by atoms with E-state index in [2.05, 4.69) is 29.8 Å². The summed E-state index contributed by atoms with van der Waals surface area (Å²) < 4.78 is 24.1. The minimum atomic E-state index is 0.741. The van der Waals surface area contributed by atoms with Gasteiger partial charge in [0.15, 0.2) is 28.7 Å². The lowest BCUT2D eigenvalue weighted by Gasteiger charge is -2.19. The van der Waals surface area contributed by atoms with Crippen molar-refractivity contribution < 1.29 is 23.5 Å². The van der Waals surface area contributed by atoms with Gasteiger partial charge in [-0.2, -0.15) is 0 Å².